The van der Waals surface area contributed by atoms with Crippen molar-refractivity contribution < 1.29 is 9.21 Å². The molecule has 0 fully saturated rings. The summed E-state index contributed by atoms with van der Waals surface area (Å²) in [5, 5.41) is 2.81. The summed E-state index contributed by atoms with van der Waals surface area (Å²) >= 11 is 0. The Morgan fingerprint density at radius 3 is 2.21 bits per heavy atom. The van der Waals surface area contributed by atoms with Crippen molar-refractivity contribution in [2.45, 2.75) is 13.3 Å². The van der Waals surface area contributed by atoms with Gasteiger partial charge in [0, 0.05) is 17.3 Å². The van der Waals surface area contributed by atoms with E-state index in [1.807, 2.05) is 73.7 Å². The fraction of sp³-hybridized carbons (Fsp3) is 0.0870. The van der Waals surface area contributed by atoms with Crippen LogP contribution in [0.1, 0.15) is 11.5 Å². The summed E-state index contributed by atoms with van der Waals surface area (Å²) in [5.74, 6) is 1.48. The van der Waals surface area contributed by atoms with Crippen LogP contribution in [0.3, 0.4) is 0 Å². The van der Waals surface area contributed by atoms with Gasteiger partial charge in [0.15, 0.2) is 0 Å². The first-order valence-corrected chi connectivity index (χ1v) is 9.02. The predicted molar refractivity (Wildman–Crippen MR) is 109 cm³/mol. The van der Waals surface area contributed by atoms with E-state index in [1.54, 1.807) is 12.3 Å². The van der Waals surface area contributed by atoms with Gasteiger partial charge in [0.25, 0.3) is 0 Å². The number of carbonyl (C=O) groups is 1. The first-order chi connectivity index (χ1) is 13.7. The van der Waals surface area contributed by atoms with E-state index >= 15 is 0 Å². The Morgan fingerprint density at radius 1 is 0.893 bits per heavy atom. The molecule has 2 aromatic carbocycles. The lowest BCUT2D eigenvalue weighted by molar-refractivity contribution is -0.115. The molecule has 0 saturated carbocycles. The van der Waals surface area contributed by atoms with Gasteiger partial charge in [-0.05, 0) is 36.8 Å². The van der Waals surface area contributed by atoms with E-state index < -0.39 is 0 Å². The first-order valence-electron chi connectivity index (χ1n) is 9.02. The second-order valence-electron chi connectivity index (χ2n) is 6.41. The maximum absolute atomic E-state index is 12.4. The lowest BCUT2D eigenvalue weighted by Gasteiger charge is -2.05. The average molecular weight is 369 g/mol. The molecule has 0 unspecified atom stereocenters. The predicted octanol–water partition coefficient (Wildman–Crippen LogP) is 4.89. The molecule has 5 heteroatoms. The molecule has 28 heavy (non-hydrogen) atoms. The molecule has 0 aliphatic carbocycles. The minimum absolute atomic E-state index is 0.129. The minimum Gasteiger partial charge on any atom is -0.441 e. The molecule has 0 atom stereocenters. The highest BCUT2D eigenvalue weighted by Crippen LogP contribution is 2.22. The fourth-order valence-electron chi connectivity index (χ4n) is 2.90. The molecular formula is C23H19N3O2. The lowest BCUT2D eigenvalue weighted by atomic mass is 10.1. The number of hydrogen-bond donors (Lipinski definition) is 1. The standard InChI is InChI=1S/C23H19N3O2/c1-16-20(25-23(28-16)18-10-6-3-7-11-18)14-22(27)26-21-13-12-19(15-24-21)17-8-4-2-5-9-17/h2-13,15H,14H2,1H3,(H,24,26,27). The molecule has 4 aromatic rings. The van der Waals surface area contributed by atoms with Crippen LogP contribution in [0.2, 0.25) is 0 Å². The fourth-order valence-corrected chi connectivity index (χ4v) is 2.90. The van der Waals surface area contributed by atoms with E-state index in [4.69, 9.17) is 4.42 Å². The molecule has 0 aliphatic heterocycles. The second-order valence-corrected chi connectivity index (χ2v) is 6.41. The van der Waals surface area contributed by atoms with Gasteiger partial charge in [-0.1, -0.05) is 48.5 Å². The molecule has 4 rings (SSSR count). The van der Waals surface area contributed by atoms with Crippen molar-refractivity contribution in [2.24, 2.45) is 0 Å². The SMILES string of the molecule is Cc1oc(-c2ccccc2)nc1CC(=O)Nc1ccc(-c2ccccc2)cn1. The molecule has 0 saturated heterocycles. The van der Waals surface area contributed by atoms with Gasteiger partial charge in [-0.3, -0.25) is 4.79 Å². The third-order valence-electron chi connectivity index (χ3n) is 4.38. The van der Waals surface area contributed by atoms with E-state index in [0.717, 1.165) is 16.7 Å². The number of nitrogens with one attached hydrogen (secondary N) is 1. The summed E-state index contributed by atoms with van der Waals surface area (Å²) in [4.78, 5) is 21.2. The van der Waals surface area contributed by atoms with Crippen LogP contribution in [0.15, 0.2) is 83.4 Å². The number of rotatable bonds is 5. The van der Waals surface area contributed by atoms with Crippen LogP contribution >= 0.6 is 0 Å². The quantitative estimate of drug-likeness (QED) is 0.544. The number of nitrogens with zero attached hydrogens (tertiary/aromatic N) is 2. The Morgan fingerprint density at radius 2 is 1.57 bits per heavy atom. The maximum atomic E-state index is 12.4. The summed E-state index contributed by atoms with van der Waals surface area (Å²) in [7, 11) is 0. The van der Waals surface area contributed by atoms with Crippen LogP contribution < -0.4 is 5.32 Å². The number of carbonyl (C=O) groups excluding carboxylic acids is 1. The van der Waals surface area contributed by atoms with E-state index in [2.05, 4.69) is 15.3 Å². The summed E-state index contributed by atoms with van der Waals surface area (Å²) in [6.07, 6.45) is 1.88. The molecule has 0 bridgehead atoms. The second kappa shape index (κ2) is 7.88. The van der Waals surface area contributed by atoms with Gasteiger partial charge >= 0.3 is 0 Å². The van der Waals surface area contributed by atoms with Crippen molar-refractivity contribution >= 4 is 11.7 Å². The highest BCUT2D eigenvalue weighted by molar-refractivity contribution is 5.91. The van der Waals surface area contributed by atoms with Crippen molar-refractivity contribution in [3.8, 4) is 22.6 Å². The molecule has 2 heterocycles. The third-order valence-corrected chi connectivity index (χ3v) is 4.38. The van der Waals surface area contributed by atoms with Crippen molar-refractivity contribution in [1.29, 1.82) is 0 Å². The monoisotopic (exact) mass is 369 g/mol. The van der Waals surface area contributed by atoms with Crippen molar-refractivity contribution in [1.82, 2.24) is 9.97 Å². The van der Waals surface area contributed by atoms with Gasteiger partial charge < -0.3 is 9.73 Å². The first kappa shape index (κ1) is 17.7. The number of amides is 1. The molecule has 0 spiro atoms. The number of aromatic nitrogens is 2. The van der Waals surface area contributed by atoms with E-state index in [0.29, 0.717) is 23.2 Å². The van der Waals surface area contributed by atoms with Crippen LogP contribution in [0.25, 0.3) is 22.6 Å². The smallest absolute Gasteiger partial charge is 0.231 e. The molecule has 5 nitrogen and oxygen atoms in total. The van der Waals surface area contributed by atoms with Crippen molar-refractivity contribution in [3.63, 3.8) is 0 Å². The van der Waals surface area contributed by atoms with E-state index in [1.165, 1.54) is 0 Å². The molecule has 138 valence electrons. The normalized spacial score (nSPS) is 10.6. The van der Waals surface area contributed by atoms with Gasteiger partial charge in [-0.2, -0.15) is 0 Å². The largest absolute Gasteiger partial charge is 0.441 e. The zero-order valence-corrected chi connectivity index (χ0v) is 15.4. The van der Waals surface area contributed by atoms with Gasteiger partial charge in [0.2, 0.25) is 11.8 Å². The summed E-state index contributed by atoms with van der Waals surface area (Å²) in [6, 6.07) is 23.3. The number of benzene rings is 2. The topological polar surface area (TPSA) is 68.0 Å². The number of aryl methyl sites for hydroxylation is 1. The molecule has 0 aliphatic rings. The molecule has 0 radical (unpaired) electrons. The van der Waals surface area contributed by atoms with Crippen LogP contribution in [0.4, 0.5) is 5.82 Å². The number of anilines is 1. The number of oxazole rings is 1. The van der Waals surface area contributed by atoms with Crippen LogP contribution in [0.5, 0.6) is 0 Å². The molecular weight excluding hydrogens is 350 g/mol. The van der Waals surface area contributed by atoms with E-state index in [9.17, 15) is 4.79 Å². The maximum Gasteiger partial charge on any atom is 0.231 e. The van der Waals surface area contributed by atoms with Crippen LogP contribution in [-0.4, -0.2) is 15.9 Å². The van der Waals surface area contributed by atoms with Gasteiger partial charge in [0.05, 0.1) is 12.1 Å². The van der Waals surface area contributed by atoms with Crippen molar-refractivity contribution in [2.75, 3.05) is 5.32 Å². The Hall–Kier alpha value is -3.73. The van der Waals surface area contributed by atoms with Crippen LogP contribution in [0, 0.1) is 6.92 Å². The van der Waals surface area contributed by atoms with Gasteiger partial charge in [-0.15, -0.1) is 0 Å². The van der Waals surface area contributed by atoms with Crippen LogP contribution in [-0.2, 0) is 11.2 Å². The Kier molecular flexibility index (Phi) is 4.97. The number of hydrogen-bond acceptors (Lipinski definition) is 4. The molecule has 1 amide bonds. The van der Waals surface area contributed by atoms with E-state index in [-0.39, 0.29) is 12.3 Å². The highest BCUT2D eigenvalue weighted by Gasteiger charge is 2.15. The van der Waals surface area contributed by atoms with Gasteiger partial charge in [0.1, 0.15) is 11.6 Å². The Bertz CT molecular complexity index is 1070. The molecule has 1 N–H and O–H groups in total. The van der Waals surface area contributed by atoms with Gasteiger partial charge in [-0.25, -0.2) is 9.97 Å². The summed E-state index contributed by atoms with van der Waals surface area (Å²) in [5.41, 5.74) is 3.59. The number of pyridine rings is 1. The highest BCUT2D eigenvalue weighted by atomic mass is 16.4. The average Bonchev–Trinajstić information content (AvgIpc) is 3.10. The molecule has 2 aromatic heterocycles. The summed E-state index contributed by atoms with van der Waals surface area (Å²) in [6.45, 7) is 1.81. The minimum atomic E-state index is -0.184. The summed E-state index contributed by atoms with van der Waals surface area (Å²) < 4.78 is 5.71. The zero-order valence-electron chi connectivity index (χ0n) is 15.4. The Labute approximate surface area is 163 Å². The zero-order chi connectivity index (χ0) is 19.3. The third kappa shape index (κ3) is 3.99. The Balaban J connectivity index is 1.43. The lowest BCUT2D eigenvalue weighted by Crippen LogP contribution is -2.16. The van der Waals surface area contributed by atoms with Crippen molar-refractivity contribution in [3.05, 3.63) is 90.4 Å².